The Balaban J connectivity index is 1.43. The second-order valence-electron chi connectivity index (χ2n) is 12.8. The van der Waals surface area contributed by atoms with Gasteiger partial charge >= 0.3 is 0 Å². The monoisotopic (exact) mass is 612 g/mol. The average Bonchev–Trinajstić information content (AvgIpc) is 3.10. The van der Waals surface area contributed by atoms with Gasteiger partial charge in [-0.15, -0.1) is 0 Å². The van der Waals surface area contributed by atoms with E-state index in [0.717, 1.165) is 61.7 Å². The summed E-state index contributed by atoms with van der Waals surface area (Å²) in [6.45, 7) is 5.63. The summed E-state index contributed by atoms with van der Waals surface area (Å²) in [5, 5.41) is 0.00998. The summed E-state index contributed by atoms with van der Waals surface area (Å²) in [6.07, 6.45) is 9.93. The molecule has 6 rings (SSSR count). The molecule has 1 fully saturated rings. The van der Waals surface area contributed by atoms with Gasteiger partial charge in [0, 0.05) is 36.2 Å². The van der Waals surface area contributed by atoms with Crippen molar-refractivity contribution < 1.29 is 22.7 Å². The van der Waals surface area contributed by atoms with Crippen molar-refractivity contribution in [1.82, 2.24) is 4.72 Å². The largest absolute Gasteiger partial charge is 0.490 e. The quantitative estimate of drug-likeness (QED) is 0.404. The summed E-state index contributed by atoms with van der Waals surface area (Å²) in [5.74, 6) is 0.710. The Morgan fingerprint density at radius 2 is 1.98 bits per heavy atom. The number of ether oxygens (including phenoxy) is 2. The Kier molecular flexibility index (Phi) is 8.09. The number of methoxy groups -OCH3 is 1. The highest BCUT2D eigenvalue weighted by molar-refractivity contribution is 7.90. The first kappa shape index (κ1) is 29.5. The van der Waals surface area contributed by atoms with E-state index in [4.69, 9.17) is 21.1 Å². The molecule has 2 bridgehead atoms. The number of amides is 1. The van der Waals surface area contributed by atoms with Crippen molar-refractivity contribution >= 4 is 33.2 Å². The standard InChI is InChI=1S/C33H41ClN2O5S/c1-21-6-4-8-30(40-3)27-12-9-25(27)18-36-19-33(15-5-7-23-16-26(34)11-13-28(23)33)20-41-31-14-10-24(17-29(31)36)32(37)35-42(38,39)22(21)2/h4,8,10-11,13-14,16-17,21-22,25,27,30H,5-7,9,12,15,18-20H2,1-3H3,(H,35,37)/t21?,22-,25+,27-,30+,33+/m1/s1. The minimum absolute atomic E-state index is 0.0315. The van der Waals surface area contributed by atoms with E-state index in [1.807, 2.05) is 31.2 Å². The third-order valence-corrected chi connectivity index (χ3v) is 12.4. The van der Waals surface area contributed by atoms with Crippen LogP contribution in [-0.2, 0) is 26.6 Å². The number of anilines is 1. The zero-order valence-electron chi connectivity index (χ0n) is 24.6. The van der Waals surface area contributed by atoms with Crippen molar-refractivity contribution in [3.8, 4) is 5.75 Å². The second kappa shape index (κ2) is 11.5. The molecule has 4 aliphatic rings. The molecular formula is C33H41ClN2O5S. The number of fused-ring (bicyclic) bond motifs is 4. The van der Waals surface area contributed by atoms with Crippen molar-refractivity contribution in [2.45, 2.75) is 69.1 Å². The fourth-order valence-corrected chi connectivity index (χ4v) is 8.87. The predicted molar refractivity (Wildman–Crippen MR) is 166 cm³/mol. The number of carbonyl (C=O) groups is 1. The molecule has 2 aromatic rings. The van der Waals surface area contributed by atoms with Gasteiger partial charge < -0.3 is 14.4 Å². The lowest BCUT2D eigenvalue weighted by Gasteiger charge is -2.46. The van der Waals surface area contributed by atoms with Crippen LogP contribution in [-0.4, -0.2) is 52.5 Å². The van der Waals surface area contributed by atoms with Crippen LogP contribution in [0.3, 0.4) is 0 Å². The van der Waals surface area contributed by atoms with E-state index in [1.165, 1.54) is 11.1 Å². The molecule has 6 atom stereocenters. The van der Waals surface area contributed by atoms with E-state index in [-0.39, 0.29) is 17.4 Å². The molecule has 42 heavy (non-hydrogen) atoms. The highest BCUT2D eigenvalue weighted by Gasteiger charge is 2.44. The van der Waals surface area contributed by atoms with Crippen LogP contribution in [0.2, 0.25) is 5.02 Å². The summed E-state index contributed by atoms with van der Waals surface area (Å²) in [4.78, 5) is 15.7. The normalized spacial score (nSPS) is 32.5. The Bertz CT molecular complexity index is 1490. The fourth-order valence-electron chi connectivity index (χ4n) is 7.39. The van der Waals surface area contributed by atoms with Gasteiger partial charge in [0.1, 0.15) is 5.75 Å². The Labute approximate surface area is 254 Å². The predicted octanol–water partition coefficient (Wildman–Crippen LogP) is 5.90. The molecular weight excluding hydrogens is 572 g/mol. The molecule has 1 amide bonds. The SMILES string of the molecule is CO[C@H]1C=CCC(C)[C@@H](C)S(=O)(=O)NC(=O)c2ccc3c(c2)N(C[C@@H]2CC[C@H]21)C[C@@]1(CCCc2cc(Cl)ccc21)CO3. The number of rotatable bonds is 1. The van der Waals surface area contributed by atoms with E-state index in [0.29, 0.717) is 30.4 Å². The van der Waals surface area contributed by atoms with E-state index in [2.05, 4.69) is 27.8 Å². The maximum atomic E-state index is 13.4. The van der Waals surface area contributed by atoms with Gasteiger partial charge in [0.2, 0.25) is 10.0 Å². The fraction of sp³-hybridized carbons (Fsp3) is 0.545. The lowest BCUT2D eigenvalue weighted by atomic mass is 9.68. The van der Waals surface area contributed by atoms with Gasteiger partial charge in [-0.25, -0.2) is 13.1 Å². The highest BCUT2D eigenvalue weighted by Crippen LogP contribution is 2.47. The van der Waals surface area contributed by atoms with Crippen LogP contribution in [0.4, 0.5) is 5.69 Å². The van der Waals surface area contributed by atoms with Crippen LogP contribution in [0.25, 0.3) is 0 Å². The van der Waals surface area contributed by atoms with Gasteiger partial charge in [-0.2, -0.15) is 0 Å². The third-order valence-electron chi connectivity index (χ3n) is 10.3. The summed E-state index contributed by atoms with van der Waals surface area (Å²) < 4.78 is 41.3. The summed E-state index contributed by atoms with van der Waals surface area (Å²) in [5.41, 5.74) is 3.48. The van der Waals surface area contributed by atoms with Crippen LogP contribution < -0.4 is 14.4 Å². The number of nitrogens with zero attached hydrogens (tertiary/aromatic N) is 1. The molecule has 0 radical (unpaired) electrons. The van der Waals surface area contributed by atoms with Gasteiger partial charge in [-0.3, -0.25) is 4.79 Å². The molecule has 0 aromatic heterocycles. The first-order chi connectivity index (χ1) is 20.1. The molecule has 1 spiro atoms. The van der Waals surface area contributed by atoms with Crippen molar-refractivity contribution in [2.75, 3.05) is 31.7 Å². The molecule has 1 saturated carbocycles. The van der Waals surface area contributed by atoms with Crippen LogP contribution in [0.5, 0.6) is 5.75 Å². The van der Waals surface area contributed by atoms with Gasteiger partial charge in [0.15, 0.2) is 0 Å². The van der Waals surface area contributed by atoms with Crippen molar-refractivity contribution in [2.24, 2.45) is 17.8 Å². The van der Waals surface area contributed by atoms with Crippen LogP contribution >= 0.6 is 11.6 Å². The third kappa shape index (κ3) is 5.46. The first-order valence-corrected chi connectivity index (χ1v) is 17.1. The number of hydrogen-bond donors (Lipinski definition) is 1. The number of sulfonamides is 1. The smallest absolute Gasteiger partial charge is 0.264 e. The number of benzene rings is 2. The Hall–Kier alpha value is -2.55. The molecule has 0 saturated heterocycles. The van der Waals surface area contributed by atoms with E-state index < -0.39 is 21.2 Å². The van der Waals surface area contributed by atoms with E-state index in [9.17, 15) is 13.2 Å². The number of carbonyl (C=O) groups excluding carboxylic acids is 1. The molecule has 9 heteroatoms. The molecule has 2 aromatic carbocycles. The first-order valence-electron chi connectivity index (χ1n) is 15.2. The topological polar surface area (TPSA) is 84.9 Å². The second-order valence-corrected chi connectivity index (χ2v) is 15.3. The lowest BCUT2D eigenvalue weighted by molar-refractivity contribution is 0.0131. The number of aryl methyl sites for hydroxylation is 1. The average molecular weight is 613 g/mol. The van der Waals surface area contributed by atoms with Crippen molar-refractivity contribution in [1.29, 1.82) is 0 Å². The number of hydrogen-bond acceptors (Lipinski definition) is 6. The van der Waals surface area contributed by atoms with Crippen LogP contribution in [0, 0.1) is 17.8 Å². The van der Waals surface area contributed by atoms with Gasteiger partial charge in [0.05, 0.1) is 23.6 Å². The molecule has 1 unspecified atom stereocenters. The molecule has 2 aliphatic carbocycles. The minimum Gasteiger partial charge on any atom is -0.490 e. The van der Waals surface area contributed by atoms with Crippen molar-refractivity contribution in [3.05, 3.63) is 70.3 Å². The minimum atomic E-state index is -3.88. The lowest BCUT2D eigenvalue weighted by Crippen LogP contribution is -2.49. The molecule has 7 nitrogen and oxygen atoms in total. The summed E-state index contributed by atoms with van der Waals surface area (Å²) >= 11 is 6.40. The van der Waals surface area contributed by atoms with Gasteiger partial charge in [-0.05, 0) is 105 Å². The number of nitrogens with one attached hydrogen (secondary N) is 1. The maximum absolute atomic E-state index is 13.4. The maximum Gasteiger partial charge on any atom is 0.264 e. The van der Waals surface area contributed by atoms with Crippen LogP contribution in [0.15, 0.2) is 48.6 Å². The highest BCUT2D eigenvalue weighted by atomic mass is 35.5. The molecule has 2 aliphatic heterocycles. The molecule has 2 heterocycles. The van der Waals surface area contributed by atoms with Gasteiger partial charge in [0.25, 0.3) is 5.91 Å². The summed E-state index contributed by atoms with van der Waals surface area (Å²) in [7, 11) is -2.13. The zero-order chi connectivity index (χ0) is 29.6. The Morgan fingerprint density at radius 3 is 2.74 bits per heavy atom. The molecule has 1 N–H and O–H groups in total. The van der Waals surface area contributed by atoms with Crippen molar-refractivity contribution in [3.63, 3.8) is 0 Å². The van der Waals surface area contributed by atoms with E-state index in [1.54, 1.807) is 20.1 Å². The zero-order valence-corrected chi connectivity index (χ0v) is 26.2. The van der Waals surface area contributed by atoms with E-state index >= 15 is 0 Å². The van der Waals surface area contributed by atoms with Gasteiger partial charge in [-0.1, -0.05) is 36.7 Å². The molecule has 226 valence electrons. The number of allylic oxidation sites excluding steroid dienone is 1. The summed E-state index contributed by atoms with van der Waals surface area (Å²) in [6, 6.07) is 11.5. The van der Waals surface area contributed by atoms with Crippen LogP contribution in [0.1, 0.15) is 67.4 Å². The number of halogens is 1. The Morgan fingerprint density at radius 1 is 1.14 bits per heavy atom.